The molecule has 2 aliphatic rings. The number of nitrogens with one attached hydrogen (secondary N) is 1. The third-order valence-electron chi connectivity index (χ3n) is 5.80. The molecule has 0 aromatic heterocycles. The highest BCUT2D eigenvalue weighted by Gasteiger charge is 2.30. The SMILES string of the molecule is CN(C(=O)NC1CCN(c2cc(F)cc(F)c2)CC1)C1CCN(S(C)(=O)=O)CC1. The van der Waals surface area contributed by atoms with Crippen molar-refractivity contribution in [1.29, 1.82) is 0 Å². The van der Waals surface area contributed by atoms with Crippen molar-refractivity contribution in [2.75, 3.05) is 44.4 Å². The smallest absolute Gasteiger partial charge is 0.317 e. The van der Waals surface area contributed by atoms with Gasteiger partial charge in [-0.15, -0.1) is 0 Å². The van der Waals surface area contributed by atoms with Crippen LogP contribution in [0.1, 0.15) is 25.7 Å². The molecular weight excluding hydrogens is 402 g/mol. The third-order valence-corrected chi connectivity index (χ3v) is 7.10. The van der Waals surface area contributed by atoms with Crippen LogP contribution in [0, 0.1) is 11.6 Å². The molecule has 2 amide bonds. The molecule has 2 aliphatic heterocycles. The Labute approximate surface area is 170 Å². The minimum Gasteiger partial charge on any atom is -0.371 e. The molecule has 0 radical (unpaired) electrons. The number of benzene rings is 1. The Morgan fingerprint density at radius 3 is 2.10 bits per heavy atom. The van der Waals surface area contributed by atoms with Gasteiger partial charge < -0.3 is 15.1 Å². The number of rotatable bonds is 4. The second kappa shape index (κ2) is 8.83. The van der Waals surface area contributed by atoms with Crippen molar-refractivity contribution >= 4 is 21.7 Å². The minimum atomic E-state index is -3.19. The molecule has 0 bridgehead atoms. The maximum Gasteiger partial charge on any atom is 0.317 e. The number of urea groups is 1. The first-order valence-electron chi connectivity index (χ1n) is 9.83. The zero-order chi connectivity index (χ0) is 21.2. The summed E-state index contributed by atoms with van der Waals surface area (Å²) in [5.41, 5.74) is 0.516. The fourth-order valence-corrected chi connectivity index (χ4v) is 4.88. The van der Waals surface area contributed by atoms with Crippen LogP contribution in [-0.4, -0.2) is 75.2 Å². The monoisotopic (exact) mass is 430 g/mol. The largest absolute Gasteiger partial charge is 0.371 e. The molecule has 29 heavy (non-hydrogen) atoms. The summed E-state index contributed by atoms with van der Waals surface area (Å²) < 4.78 is 51.5. The summed E-state index contributed by atoms with van der Waals surface area (Å²) in [7, 11) is -1.45. The number of amides is 2. The summed E-state index contributed by atoms with van der Waals surface area (Å²) in [6.45, 7) is 2.04. The van der Waals surface area contributed by atoms with Gasteiger partial charge in [0.2, 0.25) is 10.0 Å². The number of carbonyl (C=O) groups is 1. The number of halogens is 2. The highest BCUT2D eigenvalue weighted by atomic mass is 32.2. The summed E-state index contributed by atoms with van der Waals surface area (Å²) in [6.07, 6.45) is 3.80. The van der Waals surface area contributed by atoms with Crippen LogP contribution in [0.5, 0.6) is 0 Å². The predicted molar refractivity (Wildman–Crippen MR) is 107 cm³/mol. The predicted octanol–water partition coefficient (Wildman–Crippen LogP) is 2.00. The van der Waals surface area contributed by atoms with Crippen LogP contribution in [0.25, 0.3) is 0 Å². The number of hydrogen-bond acceptors (Lipinski definition) is 4. The molecule has 2 fully saturated rings. The van der Waals surface area contributed by atoms with Gasteiger partial charge in [-0.2, -0.15) is 0 Å². The lowest BCUT2D eigenvalue weighted by Gasteiger charge is -2.38. The molecule has 10 heteroatoms. The van der Waals surface area contributed by atoms with Crippen LogP contribution >= 0.6 is 0 Å². The molecule has 162 valence electrons. The Kier molecular flexibility index (Phi) is 6.62. The Hall–Kier alpha value is -1.94. The van der Waals surface area contributed by atoms with Gasteiger partial charge in [0.25, 0.3) is 0 Å². The Morgan fingerprint density at radius 2 is 1.59 bits per heavy atom. The van der Waals surface area contributed by atoms with Crippen molar-refractivity contribution in [3.63, 3.8) is 0 Å². The maximum absolute atomic E-state index is 13.4. The van der Waals surface area contributed by atoms with Gasteiger partial charge in [-0.3, -0.25) is 0 Å². The summed E-state index contributed by atoms with van der Waals surface area (Å²) in [5, 5.41) is 3.03. The van der Waals surface area contributed by atoms with Crippen molar-refractivity contribution < 1.29 is 22.0 Å². The van der Waals surface area contributed by atoms with E-state index >= 15 is 0 Å². The maximum atomic E-state index is 13.4. The second-order valence-corrected chi connectivity index (χ2v) is 9.83. The Morgan fingerprint density at radius 1 is 1.03 bits per heavy atom. The Balaban J connectivity index is 1.47. The lowest BCUT2D eigenvalue weighted by atomic mass is 10.0. The highest BCUT2D eigenvalue weighted by Crippen LogP contribution is 2.23. The summed E-state index contributed by atoms with van der Waals surface area (Å²) >= 11 is 0. The molecule has 0 aliphatic carbocycles. The lowest BCUT2D eigenvalue weighted by Crippen LogP contribution is -2.53. The first kappa shape index (κ1) is 21.8. The summed E-state index contributed by atoms with van der Waals surface area (Å²) in [6, 6.07) is 3.32. The van der Waals surface area contributed by atoms with Crippen molar-refractivity contribution in [3.8, 4) is 0 Å². The number of carbonyl (C=O) groups excluding carboxylic acids is 1. The quantitative estimate of drug-likeness (QED) is 0.793. The molecule has 3 rings (SSSR count). The molecule has 1 aromatic rings. The highest BCUT2D eigenvalue weighted by molar-refractivity contribution is 7.88. The standard InChI is InChI=1S/C19H28F2N4O3S/c1-23(17-5-9-25(10-6-17)29(2,27)28)19(26)22-16-3-7-24(8-4-16)18-12-14(20)11-15(21)13-18/h11-13,16-17H,3-10H2,1-2H3,(H,22,26). The first-order valence-corrected chi connectivity index (χ1v) is 11.7. The van der Waals surface area contributed by atoms with Crippen LogP contribution in [0.3, 0.4) is 0 Å². The van der Waals surface area contributed by atoms with Crippen LogP contribution in [0.4, 0.5) is 19.3 Å². The van der Waals surface area contributed by atoms with E-state index in [0.29, 0.717) is 57.5 Å². The average Bonchev–Trinajstić information content (AvgIpc) is 2.66. The molecular formula is C19H28F2N4O3S. The number of sulfonamides is 1. The lowest BCUT2D eigenvalue weighted by molar-refractivity contribution is 0.159. The van der Waals surface area contributed by atoms with Crippen LogP contribution in [0.2, 0.25) is 0 Å². The first-order chi connectivity index (χ1) is 13.6. The topological polar surface area (TPSA) is 73.0 Å². The third kappa shape index (κ3) is 5.57. The van der Waals surface area contributed by atoms with E-state index in [2.05, 4.69) is 5.32 Å². The molecule has 0 unspecified atom stereocenters. The van der Waals surface area contributed by atoms with Crippen LogP contribution < -0.4 is 10.2 Å². The van der Waals surface area contributed by atoms with E-state index in [-0.39, 0.29) is 18.1 Å². The zero-order valence-corrected chi connectivity index (χ0v) is 17.6. The fraction of sp³-hybridized carbons (Fsp3) is 0.632. The van der Waals surface area contributed by atoms with E-state index in [1.807, 2.05) is 4.90 Å². The van der Waals surface area contributed by atoms with Gasteiger partial charge >= 0.3 is 6.03 Å². The van der Waals surface area contributed by atoms with Gasteiger partial charge in [0.15, 0.2) is 0 Å². The second-order valence-electron chi connectivity index (χ2n) is 7.84. The number of anilines is 1. The van der Waals surface area contributed by atoms with Gasteiger partial charge in [-0.1, -0.05) is 0 Å². The molecule has 1 aromatic carbocycles. The zero-order valence-electron chi connectivity index (χ0n) is 16.8. The molecule has 0 atom stereocenters. The number of hydrogen-bond donors (Lipinski definition) is 1. The molecule has 0 spiro atoms. The van der Waals surface area contributed by atoms with Crippen molar-refractivity contribution in [3.05, 3.63) is 29.8 Å². The van der Waals surface area contributed by atoms with Gasteiger partial charge in [-0.25, -0.2) is 26.3 Å². The normalized spacial score (nSPS) is 19.9. The molecule has 0 saturated carbocycles. The van der Waals surface area contributed by atoms with E-state index in [1.54, 1.807) is 11.9 Å². The van der Waals surface area contributed by atoms with Crippen molar-refractivity contribution in [2.24, 2.45) is 0 Å². The molecule has 2 saturated heterocycles. The van der Waals surface area contributed by atoms with E-state index in [9.17, 15) is 22.0 Å². The van der Waals surface area contributed by atoms with Crippen molar-refractivity contribution in [1.82, 2.24) is 14.5 Å². The molecule has 7 nitrogen and oxygen atoms in total. The molecule has 1 N–H and O–H groups in total. The van der Waals surface area contributed by atoms with E-state index in [1.165, 1.54) is 22.7 Å². The van der Waals surface area contributed by atoms with Crippen molar-refractivity contribution in [2.45, 2.75) is 37.8 Å². The van der Waals surface area contributed by atoms with Gasteiger partial charge in [0, 0.05) is 57.1 Å². The van der Waals surface area contributed by atoms with Gasteiger partial charge in [0.1, 0.15) is 11.6 Å². The Bertz CT molecular complexity index is 816. The number of piperidine rings is 2. The summed E-state index contributed by atoms with van der Waals surface area (Å²) in [5.74, 6) is -1.20. The molecule has 2 heterocycles. The van der Waals surface area contributed by atoms with E-state index in [4.69, 9.17) is 0 Å². The number of nitrogens with zero attached hydrogens (tertiary/aromatic N) is 3. The fourth-order valence-electron chi connectivity index (χ4n) is 4.01. The van der Waals surface area contributed by atoms with E-state index in [0.717, 1.165) is 6.07 Å². The average molecular weight is 431 g/mol. The van der Waals surface area contributed by atoms with E-state index < -0.39 is 21.7 Å². The van der Waals surface area contributed by atoms with Crippen LogP contribution in [0.15, 0.2) is 18.2 Å². The van der Waals surface area contributed by atoms with Crippen LogP contribution in [-0.2, 0) is 10.0 Å². The van der Waals surface area contributed by atoms with Gasteiger partial charge in [-0.05, 0) is 37.8 Å². The van der Waals surface area contributed by atoms with Gasteiger partial charge in [0.05, 0.1) is 6.26 Å². The minimum absolute atomic E-state index is 0.00311. The summed E-state index contributed by atoms with van der Waals surface area (Å²) in [4.78, 5) is 16.2.